The Morgan fingerprint density at radius 1 is 1.09 bits per heavy atom. The molecule has 1 aliphatic rings. The first kappa shape index (κ1) is 21.2. The van der Waals surface area contributed by atoms with Crippen molar-refractivity contribution in [1.82, 2.24) is 15.3 Å². The number of hydrogen-bond acceptors (Lipinski definition) is 6. The molecule has 2 heterocycles. The lowest BCUT2D eigenvalue weighted by molar-refractivity contribution is -0.139. The lowest BCUT2D eigenvalue weighted by Gasteiger charge is -2.14. The average molecular weight is 462 g/mol. The van der Waals surface area contributed by atoms with Crippen molar-refractivity contribution >= 4 is 33.6 Å². The van der Waals surface area contributed by atoms with Crippen molar-refractivity contribution in [2.45, 2.75) is 18.3 Å². The van der Waals surface area contributed by atoms with E-state index in [-0.39, 0.29) is 17.5 Å². The number of esters is 1. The van der Waals surface area contributed by atoms with E-state index in [9.17, 15) is 14.0 Å². The number of aromatic nitrogens is 2. The number of hydrogen-bond donors (Lipinski definition) is 1. The van der Waals surface area contributed by atoms with Crippen molar-refractivity contribution in [2.75, 3.05) is 13.7 Å². The van der Waals surface area contributed by atoms with Crippen molar-refractivity contribution in [3.8, 4) is 10.6 Å². The normalized spacial score (nSPS) is 14.1. The first-order chi connectivity index (χ1) is 16.0. The van der Waals surface area contributed by atoms with E-state index in [4.69, 9.17) is 4.98 Å². The number of ether oxygens (including phenoxy) is 1. The van der Waals surface area contributed by atoms with Gasteiger partial charge in [0.05, 0.1) is 12.8 Å². The molecule has 1 N–H and O–H groups in total. The van der Waals surface area contributed by atoms with Crippen LogP contribution in [0.25, 0.3) is 20.9 Å². The number of carbonyl (C=O) groups is 2. The molecule has 166 valence electrons. The molecular formula is C25H20FN3O3S. The fourth-order valence-electron chi connectivity index (χ4n) is 3.93. The maximum absolute atomic E-state index is 14.9. The van der Waals surface area contributed by atoms with Crippen LogP contribution in [0.3, 0.4) is 0 Å². The number of amides is 1. The smallest absolute Gasteiger partial charge is 0.325 e. The fourth-order valence-corrected chi connectivity index (χ4v) is 4.90. The fraction of sp³-hybridized carbons (Fsp3) is 0.200. The van der Waals surface area contributed by atoms with Gasteiger partial charge in [0.1, 0.15) is 27.7 Å². The first-order valence-electron chi connectivity index (χ1n) is 10.5. The Hall–Kier alpha value is -3.65. The van der Waals surface area contributed by atoms with Crippen molar-refractivity contribution in [3.05, 3.63) is 83.3 Å². The van der Waals surface area contributed by atoms with Crippen molar-refractivity contribution in [3.63, 3.8) is 0 Å². The lowest BCUT2D eigenvalue weighted by atomic mass is 9.92. The van der Waals surface area contributed by atoms with Crippen LogP contribution in [-0.2, 0) is 14.9 Å². The van der Waals surface area contributed by atoms with Crippen LogP contribution in [0.5, 0.6) is 0 Å². The van der Waals surface area contributed by atoms with Gasteiger partial charge in [0.2, 0.25) is 0 Å². The minimum atomic E-state index is -0.581. The molecule has 0 bridgehead atoms. The molecule has 6 nitrogen and oxygen atoms in total. The molecule has 1 aliphatic carbocycles. The molecular weight excluding hydrogens is 441 g/mol. The minimum absolute atomic E-state index is 0.0515. The molecule has 1 fully saturated rings. The molecule has 2 aromatic heterocycles. The van der Waals surface area contributed by atoms with E-state index in [0.29, 0.717) is 16.1 Å². The Bertz CT molecular complexity index is 1370. The summed E-state index contributed by atoms with van der Waals surface area (Å²) in [6, 6.07) is 18.5. The topological polar surface area (TPSA) is 81.2 Å². The Kier molecular flexibility index (Phi) is 5.38. The SMILES string of the molecule is COC(=O)CNC(=O)c1ccc(-c2nc3ccc(C4(c5ccccc5)CC4)nc3s2)c(F)c1. The van der Waals surface area contributed by atoms with Gasteiger partial charge < -0.3 is 10.1 Å². The zero-order valence-electron chi connectivity index (χ0n) is 17.8. The molecule has 4 aromatic rings. The first-order valence-corrected chi connectivity index (χ1v) is 11.3. The van der Waals surface area contributed by atoms with E-state index in [2.05, 4.69) is 27.2 Å². The second-order valence-corrected chi connectivity index (χ2v) is 8.92. The van der Waals surface area contributed by atoms with E-state index in [1.807, 2.05) is 30.3 Å². The molecule has 8 heteroatoms. The van der Waals surface area contributed by atoms with Gasteiger partial charge in [-0.3, -0.25) is 9.59 Å². The van der Waals surface area contributed by atoms with Gasteiger partial charge in [-0.2, -0.15) is 0 Å². The molecule has 1 saturated carbocycles. The predicted octanol–water partition coefficient (Wildman–Crippen LogP) is 4.48. The van der Waals surface area contributed by atoms with Crippen LogP contribution in [-0.4, -0.2) is 35.5 Å². The highest BCUT2D eigenvalue weighted by Gasteiger charge is 2.47. The third-order valence-corrected chi connectivity index (χ3v) is 6.90. The van der Waals surface area contributed by atoms with Gasteiger partial charge in [-0.1, -0.05) is 41.7 Å². The monoisotopic (exact) mass is 461 g/mol. The Balaban J connectivity index is 1.42. The maximum Gasteiger partial charge on any atom is 0.325 e. The van der Waals surface area contributed by atoms with Crippen LogP contribution in [0.4, 0.5) is 4.39 Å². The third kappa shape index (κ3) is 3.98. The Morgan fingerprint density at radius 3 is 2.58 bits per heavy atom. The molecule has 0 saturated heterocycles. The number of benzene rings is 2. The third-order valence-electron chi connectivity index (χ3n) is 5.90. The van der Waals surface area contributed by atoms with E-state index >= 15 is 0 Å². The second kappa shape index (κ2) is 8.37. The number of pyridine rings is 1. The molecule has 0 radical (unpaired) electrons. The van der Waals surface area contributed by atoms with Crippen LogP contribution >= 0.6 is 11.3 Å². The Labute approximate surface area is 193 Å². The van der Waals surface area contributed by atoms with Crippen molar-refractivity contribution in [2.24, 2.45) is 0 Å². The molecule has 2 aromatic carbocycles. The van der Waals surface area contributed by atoms with E-state index < -0.39 is 17.7 Å². The molecule has 0 atom stereocenters. The summed E-state index contributed by atoms with van der Waals surface area (Å²) in [6.07, 6.45) is 2.10. The largest absolute Gasteiger partial charge is 0.468 e. The number of thiazole rings is 1. The highest BCUT2D eigenvalue weighted by Crippen LogP contribution is 2.53. The number of halogens is 1. The number of nitrogens with one attached hydrogen (secondary N) is 1. The highest BCUT2D eigenvalue weighted by atomic mass is 32.1. The van der Waals surface area contributed by atoms with Gasteiger partial charge in [0, 0.05) is 16.5 Å². The molecule has 33 heavy (non-hydrogen) atoms. The zero-order valence-corrected chi connectivity index (χ0v) is 18.6. The van der Waals surface area contributed by atoms with Gasteiger partial charge in [-0.25, -0.2) is 14.4 Å². The summed E-state index contributed by atoms with van der Waals surface area (Å²) in [5.74, 6) is -1.71. The van der Waals surface area contributed by atoms with Gasteiger partial charge >= 0.3 is 5.97 Å². The highest BCUT2D eigenvalue weighted by molar-refractivity contribution is 7.21. The summed E-state index contributed by atoms with van der Waals surface area (Å²) in [4.78, 5) is 33.5. The number of carbonyl (C=O) groups excluding carboxylic acids is 2. The molecule has 1 amide bonds. The molecule has 0 spiro atoms. The van der Waals surface area contributed by atoms with E-state index in [1.54, 1.807) is 0 Å². The van der Waals surface area contributed by atoms with Crippen LogP contribution in [0.2, 0.25) is 0 Å². The average Bonchev–Trinajstić information content (AvgIpc) is 3.55. The lowest BCUT2D eigenvalue weighted by Crippen LogP contribution is -2.30. The summed E-state index contributed by atoms with van der Waals surface area (Å²) in [5.41, 5.74) is 3.34. The van der Waals surface area contributed by atoms with E-state index in [1.165, 1.54) is 36.1 Å². The number of methoxy groups -OCH3 is 1. The molecule has 0 unspecified atom stereocenters. The summed E-state index contributed by atoms with van der Waals surface area (Å²) in [5, 5.41) is 2.89. The van der Waals surface area contributed by atoms with Gasteiger partial charge in [0.15, 0.2) is 0 Å². The van der Waals surface area contributed by atoms with E-state index in [0.717, 1.165) is 29.4 Å². The minimum Gasteiger partial charge on any atom is -0.468 e. The van der Waals surface area contributed by atoms with Crippen LogP contribution in [0.15, 0.2) is 60.7 Å². The number of fused-ring (bicyclic) bond motifs is 1. The number of rotatable bonds is 6. The molecule has 5 rings (SSSR count). The quantitative estimate of drug-likeness (QED) is 0.428. The van der Waals surface area contributed by atoms with Crippen molar-refractivity contribution < 1.29 is 18.7 Å². The van der Waals surface area contributed by atoms with Crippen LogP contribution in [0, 0.1) is 5.82 Å². The van der Waals surface area contributed by atoms with Crippen molar-refractivity contribution in [1.29, 1.82) is 0 Å². The zero-order chi connectivity index (χ0) is 23.0. The molecule has 0 aliphatic heterocycles. The predicted molar refractivity (Wildman–Crippen MR) is 124 cm³/mol. The number of nitrogens with zero attached hydrogens (tertiary/aromatic N) is 2. The maximum atomic E-state index is 14.9. The van der Waals surface area contributed by atoms with Gasteiger partial charge in [0.25, 0.3) is 5.91 Å². The second-order valence-electron chi connectivity index (χ2n) is 7.94. The van der Waals surface area contributed by atoms with Crippen LogP contribution < -0.4 is 5.32 Å². The Morgan fingerprint density at radius 2 is 1.88 bits per heavy atom. The van der Waals surface area contributed by atoms with Gasteiger partial charge in [-0.15, -0.1) is 0 Å². The summed E-state index contributed by atoms with van der Waals surface area (Å²) in [6.45, 7) is -0.283. The standard InChI is InChI=1S/C25H20FN3O3S/c1-32-21(30)14-27-22(31)15-7-8-17(18(26)13-15)23-28-19-9-10-20(29-24(19)33-23)25(11-12-25)16-5-3-2-4-6-16/h2-10,13H,11-12,14H2,1H3,(H,27,31). The van der Waals surface area contributed by atoms with Crippen LogP contribution in [0.1, 0.15) is 34.5 Å². The summed E-state index contributed by atoms with van der Waals surface area (Å²) < 4.78 is 19.3. The summed E-state index contributed by atoms with van der Waals surface area (Å²) in [7, 11) is 1.23. The summed E-state index contributed by atoms with van der Waals surface area (Å²) >= 11 is 1.33. The van der Waals surface area contributed by atoms with Gasteiger partial charge in [-0.05, 0) is 48.7 Å².